The second kappa shape index (κ2) is 4.61. The molecule has 1 N–H and O–H groups in total. The minimum Gasteiger partial charge on any atom is -0.469 e. The molecule has 2 aromatic heterocycles. The molecule has 2 aromatic rings. The minimum absolute atomic E-state index is 0.00847. The van der Waals surface area contributed by atoms with Gasteiger partial charge in [0.2, 0.25) is 5.88 Å². The summed E-state index contributed by atoms with van der Waals surface area (Å²) in [5.41, 5.74) is 0.764. The summed E-state index contributed by atoms with van der Waals surface area (Å²) in [7, 11) is 0. The summed E-state index contributed by atoms with van der Waals surface area (Å²) in [6, 6.07) is 7.13. The molecule has 4 heteroatoms. The van der Waals surface area contributed by atoms with Crippen molar-refractivity contribution >= 4 is 0 Å². The van der Waals surface area contributed by atoms with Gasteiger partial charge in [0.1, 0.15) is 12.4 Å². The minimum atomic E-state index is -0.00847. The molecule has 0 aromatic carbocycles. The highest BCUT2D eigenvalue weighted by atomic mass is 16.5. The summed E-state index contributed by atoms with van der Waals surface area (Å²) < 4.78 is 10.5. The molecule has 0 spiro atoms. The number of rotatable bonds is 4. The first kappa shape index (κ1) is 9.73. The molecule has 0 unspecified atom stereocenters. The zero-order valence-electron chi connectivity index (χ0n) is 8.09. The molecule has 0 aliphatic rings. The fraction of sp³-hybridized carbons (Fsp3) is 0.182. The van der Waals surface area contributed by atoms with Gasteiger partial charge < -0.3 is 14.3 Å². The van der Waals surface area contributed by atoms with Crippen molar-refractivity contribution in [3.05, 3.63) is 48.0 Å². The molecule has 0 saturated heterocycles. The van der Waals surface area contributed by atoms with Gasteiger partial charge in [0, 0.05) is 12.3 Å². The van der Waals surface area contributed by atoms with Gasteiger partial charge in [-0.2, -0.15) is 0 Å². The average Bonchev–Trinajstić information content (AvgIpc) is 2.80. The van der Waals surface area contributed by atoms with Crippen LogP contribution in [0.2, 0.25) is 0 Å². The number of furan rings is 1. The molecular weight excluding hydrogens is 194 g/mol. The first-order valence-corrected chi connectivity index (χ1v) is 4.59. The summed E-state index contributed by atoms with van der Waals surface area (Å²) in [6.45, 7) is 0.351. The average molecular weight is 205 g/mol. The van der Waals surface area contributed by atoms with E-state index in [4.69, 9.17) is 14.3 Å². The third kappa shape index (κ3) is 2.57. The van der Waals surface area contributed by atoms with E-state index < -0.39 is 0 Å². The highest BCUT2D eigenvalue weighted by Gasteiger charge is 1.99. The summed E-state index contributed by atoms with van der Waals surface area (Å²) in [4.78, 5) is 4.03. The number of hydrogen-bond acceptors (Lipinski definition) is 4. The fourth-order valence-electron chi connectivity index (χ4n) is 1.13. The van der Waals surface area contributed by atoms with Crippen molar-refractivity contribution in [1.29, 1.82) is 0 Å². The highest BCUT2D eigenvalue weighted by molar-refractivity contribution is 5.17. The van der Waals surface area contributed by atoms with Gasteiger partial charge in [-0.1, -0.05) is 0 Å². The summed E-state index contributed by atoms with van der Waals surface area (Å²) in [5, 5.41) is 8.81. The lowest BCUT2D eigenvalue weighted by molar-refractivity contribution is 0.258. The van der Waals surface area contributed by atoms with E-state index in [2.05, 4.69) is 4.98 Å². The lowest BCUT2D eigenvalue weighted by Gasteiger charge is -2.03. The Labute approximate surface area is 87.1 Å². The number of aromatic nitrogens is 1. The SMILES string of the molecule is OCc1ccc(OCc2ccco2)nc1. The van der Waals surface area contributed by atoms with Gasteiger partial charge in [-0.25, -0.2) is 4.98 Å². The van der Waals surface area contributed by atoms with Crippen LogP contribution in [0.5, 0.6) is 5.88 Å². The van der Waals surface area contributed by atoms with Crippen molar-refractivity contribution < 1.29 is 14.3 Å². The Morgan fingerprint density at radius 1 is 1.33 bits per heavy atom. The summed E-state index contributed by atoms with van der Waals surface area (Å²) in [5.74, 6) is 1.27. The van der Waals surface area contributed by atoms with Crippen LogP contribution in [0, 0.1) is 0 Å². The van der Waals surface area contributed by atoms with Gasteiger partial charge >= 0.3 is 0 Å². The van der Waals surface area contributed by atoms with Crippen LogP contribution >= 0.6 is 0 Å². The molecule has 0 radical (unpaired) electrons. The van der Waals surface area contributed by atoms with Crippen LogP contribution < -0.4 is 4.74 Å². The molecule has 78 valence electrons. The van der Waals surface area contributed by atoms with E-state index in [0.29, 0.717) is 12.5 Å². The quantitative estimate of drug-likeness (QED) is 0.826. The first-order chi connectivity index (χ1) is 7.38. The van der Waals surface area contributed by atoms with Gasteiger partial charge in [0.05, 0.1) is 12.9 Å². The van der Waals surface area contributed by atoms with E-state index in [1.807, 2.05) is 6.07 Å². The largest absolute Gasteiger partial charge is 0.469 e. The lowest BCUT2D eigenvalue weighted by atomic mass is 10.3. The molecule has 2 heterocycles. The number of ether oxygens (including phenoxy) is 1. The van der Waals surface area contributed by atoms with E-state index >= 15 is 0 Å². The Balaban J connectivity index is 1.93. The third-order valence-corrected chi connectivity index (χ3v) is 1.92. The van der Waals surface area contributed by atoms with Crippen LogP contribution in [0.25, 0.3) is 0 Å². The van der Waals surface area contributed by atoms with E-state index in [-0.39, 0.29) is 6.61 Å². The molecule has 0 amide bonds. The van der Waals surface area contributed by atoms with Crippen molar-refractivity contribution in [2.75, 3.05) is 0 Å². The molecule has 4 nitrogen and oxygen atoms in total. The van der Waals surface area contributed by atoms with Crippen molar-refractivity contribution in [3.63, 3.8) is 0 Å². The maximum absolute atomic E-state index is 8.81. The molecule has 0 bridgehead atoms. The molecule has 0 atom stereocenters. The molecule has 0 aliphatic carbocycles. The maximum atomic E-state index is 8.81. The first-order valence-electron chi connectivity index (χ1n) is 4.59. The lowest BCUT2D eigenvalue weighted by Crippen LogP contribution is -1.96. The van der Waals surface area contributed by atoms with Crippen LogP contribution in [0.1, 0.15) is 11.3 Å². The second-order valence-corrected chi connectivity index (χ2v) is 3.03. The van der Waals surface area contributed by atoms with Crippen molar-refractivity contribution in [1.82, 2.24) is 4.98 Å². The van der Waals surface area contributed by atoms with Crippen LogP contribution in [0.15, 0.2) is 41.1 Å². The molecular formula is C11H11NO3. The zero-order valence-corrected chi connectivity index (χ0v) is 8.09. The van der Waals surface area contributed by atoms with Crippen molar-refractivity contribution in [3.8, 4) is 5.88 Å². The Morgan fingerprint density at radius 2 is 2.27 bits per heavy atom. The number of pyridine rings is 1. The number of nitrogens with zero attached hydrogens (tertiary/aromatic N) is 1. The van der Waals surface area contributed by atoms with Crippen molar-refractivity contribution in [2.45, 2.75) is 13.2 Å². The second-order valence-electron chi connectivity index (χ2n) is 3.03. The molecule has 0 aliphatic heterocycles. The zero-order chi connectivity index (χ0) is 10.5. The number of aliphatic hydroxyl groups excluding tert-OH is 1. The van der Waals surface area contributed by atoms with E-state index in [1.165, 1.54) is 0 Å². The standard InChI is InChI=1S/C11H11NO3/c13-7-9-3-4-11(12-6-9)15-8-10-2-1-5-14-10/h1-6,13H,7-8H2. The monoisotopic (exact) mass is 205 g/mol. The highest BCUT2D eigenvalue weighted by Crippen LogP contribution is 2.10. The smallest absolute Gasteiger partial charge is 0.213 e. The predicted molar refractivity (Wildman–Crippen MR) is 53.2 cm³/mol. The summed E-state index contributed by atoms with van der Waals surface area (Å²) in [6.07, 6.45) is 3.18. The number of aliphatic hydroxyl groups is 1. The van der Waals surface area contributed by atoms with Crippen LogP contribution in [0.4, 0.5) is 0 Å². The summed E-state index contributed by atoms with van der Waals surface area (Å²) >= 11 is 0. The topological polar surface area (TPSA) is 55.5 Å². The molecule has 15 heavy (non-hydrogen) atoms. The van der Waals surface area contributed by atoms with Gasteiger partial charge in [-0.3, -0.25) is 0 Å². The third-order valence-electron chi connectivity index (χ3n) is 1.92. The predicted octanol–water partition coefficient (Wildman–Crippen LogP) is 1.75. The normalized spacial score (nSPS) is 10.2. The van der Waals surface area contributed by atoms with Crippen molar-refractivity contribution in [2.24, 2.45) is 0 Å². The Kier molecular flexibility index (Phi) is 2.99. The maximum Gasteiger partial charge on any atom is 0.213 e. The van der Waals surface area contributed by atoms with Gasteiger partial charge in [-0.15, -0.1) is 0 Å². The van der Waals surface area contributed by atoms with E-state index in [1.54, 1.807) is 30.7 Å². The fourth-order valence-corrected chi connectivity index (χ4v) is 1.13. The van der Waals surface area contributed by atoms with Gasteiger partial charge in [-0.05, 0) is 23.8 Å². The van der Waals surface area contributed by atoms with Crippen LogP contribution in [-0.2, 0) is 13.2 Å². The molecule has 2 rings (SSSR count). The van der Waals surface area contributed by atoms with Gasteiger partial charge in [0.15, 0.2) is 0 Å². The number of hydrogen-bond donors (Lipinski definition) is 1. The Hall–Kier alpha value is -1.81. The Morgan fingerprint density at radius 3 is 2.87 bits per heavy atom. The van der Waals surface area contributed by atoms with Crippen LogP contribution in [-0.4, -0.2) is 10.1 Å². The van der Waals surface area contributed by atoms with Gasteiger partial charge in [0.25, 0.3) is 0 Å². The molecule has 0 saturated carbocycles. The van der Waals surface area contributed by atoms with E-state index in [0.717, 1.165) is 11.3 Å². The Bertz CT molecular complexity index is 394. The van der Waals surface area contributed by atoms with Crippen LogP contribution in [0.3, 0.4) is 0 Å². The van der Waals surface area contributed by atoms with E-state index in [9.17, 15) is 0 Å². The molecule has 0 fully saturated rings.